The summed E-state index contributed by atoms with van der Waals surface area (Å²) >= 11 is 1.47. The van der Waals surface area contributed by atoms with Crippen molar-refractivity contribution in [2.45, 2.75) is 35.6 Å². The third-order valence-electron chi connectivity index (χ3n) is 8.13. The number of benzene rings is 3. The van der Waals surface area contributed by atoms with Crippen molar-refractivity contribution in [3.8, 4) is 11.3 Å². The Morgan fingerprint density at radius 1 is 0.978 bits per heavy atom. The van der Waals surface area contributed by atoms with Gasteiger partial charge in [-0.15, -0.1) is 11.3 Å². The molecule has 1 saturated heterocycles. The van der Waals surface area contributed by atoms with E-state index in [-0.39, 0.29) is 21.9 Å². The van der Waals surface area contributed by atoms with Crippen LogP contribution in [0.4, 0.5) is 11.6 Å². The lowest BCUT2D eigenvalue weighted by Gasteiger charge is -2.14. The minimum Gasteiger partial charge on any atom is -0.324 e. The van der Waals surface area contributed by atoms with Gasteiger partial charge in [0.15, 0.2) is 0 Å². The number of aryl methyl sites for hydroxylation is 1. The second kappa shape index (κ2) is 12.0. The first-order chi connectivity index (χ1) is 21.9. The van der Waals surface area contributed by atoms with Crippen molar-refractivity contribution in [3.05, 3.63) is 123 Å². The van der Waals surface area contributed by atoms with Crippen molar-refractivity contribution in [2.75, 3.05) is 18.4 Å². The Labute approximate surface area is 264 Å². The van der Waals surface area contributed by atoms with Crippen molar-refractivity contribution >= 4 is 43.8 Å². The summed E-state index contributed by atoms with van der Waals surface area (Å²) in [5.74, 6) is 0.867. The maximum absolute atomic E-state index is 14.1. The SMILES string of the molecule is Cc1scnc1-c1cc2cnc(Nc3ccc(C4CCNC4)cc3)nc2n(Cc2cccc(S(=O)(=O)c3ccccc3)c2)c1=O. The highest BCUT2D eigenvalue weighted by Gasteiger charge is 2.20. The minimum atomic E-state index is -3.74. The van der Waals surface area contributed by atoms with Gasteiger partial charge in [0.2, 0.25) is 15.8 Å². The first-order valence-electron chi connectivity index (χ1n) is 14.6. The molecule has 6 aromatic rings. The van der Waals surface area contributed by atoms with Gasteiger partial charge in [-0.25, -0.2) is 18.4 Å². The largest absolute Gasteiger partial charge is 0.324 e. The van der Waals surface area contributed by atoms with Crippen LogP contribution in [0.25, 0.3) is 22.3 Å². The third-order valence-corrected chi connectivity index (χ3v) is 10.7. The van der Waals surface area contributed by atoms with Gasteiger partial charge in [0.1, 0.15) is 5.65 Å². The molecule has 0 spiro atoms. The van der Waals surface area contributed by atoms with Crippen molar-refractivity contribution in [1.29, 1.82) is 0 Å². The fourth-order valence-corrected chi connectivity index (χ4v) is 7.68. The first kappa shape index (κ1) is 29.0. The zero-order valence-electron chi connectivity index (χ0n) is 24.5. The second-order valence-corrected chi connectivity index (χ2v) is 14.1. The summed E-state index contributed by atoms with van der Waals surface area (Å²) in [5.41, 5.74) is 5.70. The molecule has 0 saturated carbocycles. The summed E-state index contributed by atoms with van der Waals surface area (Å²) in [6.45, 7) is 4.05. The molecular weight excluding hydrogens is 605 g/mol. The predicted molar refractivity (Wildman–Crippen MR) is 177 cm³/mol. The van der Waals surface area contributed by atoms with Crippen LogP contribution in [0, 0.1) is 6.92 Å². The summed E-state index contributed by atoms with van der Waals surface area (Å²) < 4.78 is 28.3. The lowest BCUT2D eigenvalue weighted by atomic mass is 9.98. The van der Waals surface area contributed by atoms with Gasteiger partial charge in [-0.1, -0.05) is 42.5 Å². The molecule has 9 nitrogen and oxygen atoms in total. The van der Waals surface area contributed by atoms with E-state index in [9.17, 15) is 13.2 Å². The topological polar surface area (TPSA) is 119 Å². The molecule has 0 bridgehead atoms. The molecule has 3 aromatic carbocycles. The minimum absolute atomic E-state index is 0.102. The Balaban J connectivity index is 1.28. The van der Waals surface area contributed by atoms with E-state index in [4.69, 9.17) is 4.98 Å². The molecule has 45 heavy (non-hydrogen) atoms. The molecule has 1 unspecified atom stereocenters. The summed E-state index contributed by atoms with van der Waals surface area (Å²) in [6.07, 6.45) is 2.82. The van der Waals surface area contributed by atoms with Crippen LogP contribution in [0.1, 0.15) is 28.3 Å². The van der Waals surface area contributed by atoms with Gasteiger partial charge in [-0.2, -0.15) is 4.98 Å². The van der Waals surface area contributed by atoms with E-state index in [1.54, 1.807) is 70.9 Å². The van der Waals surface area contributed by atoms with E-state index in [0.29, 0.717) is 39.7 Å². The van der Waals surface area contributed by atoms with Crippen LogP contribution < -0.4 is 16.2 Å². The highest BCUT2D eigenvalue weighted by molar-refractivity contribution is 7.91. The zero-order valence-corrected chi connectivity index (χ0v) is 26.1. The standard InChI is InChI=1S/C34H30N6O3S2/c1-22-31(37-21-44-22)30-17-26-19-36-34(38-27-12-10-24(11-13-27)25-14-15-35-18-25)39-32(26)40(33(30)41)20-23-6-5-9-29(16-23)45(42,43)28-7-3-2-4-8-28/h2-13,16-17,19,21,25,35H,14-15,18,20H2,1H3,(H,36,38,39). The van der Waals surface area contributed by atoms with Gasteiger partial charge in [0, 0.05) is 28.7 Å². The van der Waals surface area contributed by atoms with E-state index in [1.165, 1.54) is 16.9 Å². The van der Waals surface area contributed by atoms with Crippen LogP contribution in [-0.4, -0.2) is 41.0 Å². The predicted octanol–water partition coefficient (Wildman–Crippen LogP) is 5.93. The average Bonchev–Trinajstić information content (AvgIpc) is 3.76. The van der Waals surface area contributed by atoms with Crippen LogP contribution in [0.5, 0.6) is 0 Å². The molecule has 0 amide bonds. The van der Waals surface area contributed by atoms with Gasteiger partial charge in [-0.05, 0) is 79.4 Å². The van der Waals surface area contributed by atoms with Crippen LogP contribution in [-0.2, 0) is 16.4 Å². The summed E-state index contributed by atoms with van der Waals surface area (Å²) in [7, 11) is -3.74. The molecule has 11 heteroatoms. The van der Waals surface area contributed by atoms with Crippen molar-refractivity contribution < 1.29 is 8.42 Å². The van der Waals surface area contributed by atoms with Crippen molar-refractivity contribution in [1.82, 2.24) is 24.8 Å². The Morgan fingerprint density at radius 2 is 1.78 bits per heavy atom. The number of nitrogens with zero attached hydrogens (tertiary/aromatic N) is 4. The number of thiazole rings is 1. The molecular formula is C34H30N6O3S2. The summed E-state index contributed by atoms with van der Waals surface area (Å²) in [5, 5.41) is 7.35. The Kier molecular flexibility index (Phi) is 7.74. The number of pyridine rings is 1. The van der Waals surface area contributed by atoms with Crippen LogP contribution >= 0.6 is 11.3 Å². The Morgan fingerprint density at radius 3 is 2.51 bits per heavy atom. The normalized spacial score (nSPS) is 15.0. The molecule has 1 aliphatic heterocycles. The van der Waals surface area contributed by atoms with E-state index < -0.39 is 9.84 Å². The Bertz CT molecular complexity index is 2170. The molecule has 2 N–H and O–H groups in total. The van der Waals surface area contributed by atoms with Gasteiger partial charge < -0.3 is 10.6 Å². The number of aromatic nitrogens is 4. The van der Waals surface area contributed by atoms with Gasteiger partial charge in [-0.3, -0.25) is 9.36 Å². The fourth-order valence-electron chi connectivity index (χ4n) is 5.74. The van der Waals surface area contributed by atoms with E-state index in [0.717, 1.165) is 30.1 Å². The monoisotopic (exact) mass is 634 g/mol. The first-order valence-corrected chi connectivity index (χ1v) is 17.0. The molecule has 1 atom stereocenters. The summed E-state index contributed by atoms with van der Waals surface area (Å²) in [6, 6.07) is 25.1. The van der Waals surface area contributed by atoms with Crippen LogP contribution in [0.15, 0.2) is 111 Å². The number of hydrogen-bond donors (Lipinski definition) is 2. The van der Waals surface area contributed by atoms with Crippen LogP contribution in [0.3, 0.4) is 0 Å². The fraction of sp³-hybridized carbons (Fsp3) is 0.176. The highest BCUT2D eigenvalue weighted by atomic mass is 32.2. The lowest BCUT2D eigenvalue weighted by Crippen LogP contribution is -2.24. The second-order valence-electron chi connectivity index (χ2n) is 11.1. The maximum atomic E-state index is 14.1. The summed E-state index contributed by atoms with van der Waals surface area (Å²) in [4.78, 5) is 29.2. The zero-order chi connectivity index (χ0) is 31.0. The molecule has 7 rings (SSSR count). The molecule has 1 aliphatic rings. The molecule has 3 aromatic heterocycles. The molecule has 226 valence electrons. The number of nitrogens with one attached hydrogen (secondary N) is 2. The molecule has 4 heterocycles. The number of anilines is 2. The van der Waals surface area contributed by atoms with Gasteiger partial charge >= 0.3 is 0 Å². The quantitative estimate of drug-likeness (QED) is 0.212. The van der Waals surface area contributed by atoms with Crippen LogP contribution in [0.2, 0.25) is 0 Å². The lowest BCUT2D eigenvalue weighted by molar-refractivity contribution is 0.596. The molecule has 0 aliphatic carbocycles. The van der Waals surface area contributed by atoms with Crippen molar-refractivity contribution in [2.24, 2.45) is 0 Å². The smallest absolute Gasteiger partial charge is 0.262 e. The third kappa shape index (κ3) is 5.77. The van der Waals surface area contributed by atoms with E-state index >= 15 is 0 Å². The number of rotatable bonds is 8. The van der Waals surface area contributed by atoms with Gasteiger partial charge in [0.05, 0.1) is 33.1 Å². The van der Waals surface area contributed by atoms with E-state index in [2.05, 4.69) is 32.7 Å². The van der Waals surface area contributed by atoms with E-state index in [1.807, 2.05) is 25.1 Å². The number of sulfone groups is 1. The molecule has 1 fully saturated rings. The maximum Gasteiger partial charge on any atom is 0.262 e. The average molecular weight is 635 g/mol. The number of fused-ring (bicyclic) bond motifs is 1. The van der Waals surface area contributed by atoms with Gasteiger partial charge in [0.25, 0.3) is 5.56 Å². The molecule has 0 radical (unpaired) electrons. The number of hydrogen-bond acceptors (Lipinski definition) is 9. The van der Waals surface area contributed by atoms with Crippen molar-refractivity contribution in [3.63, 3.8) is 0 Å². The Hall–Kier alpha value is -4.71. The highest BCUT2D eigenvalue weighted by Crippen LogP contribution is 2.28.